The Morgan fingerprint density at radius 3 is 2.68 bits per heavy atom. The Morgan fingerprint density at radius 2 is 2.04 bits per heavy atom. The molecule has 1 aromatic rings. The lowest BCUT2D eigenvalue weighted by Gasteiger charge is -2.39. The van der Waals surface area contributed by atoms with Crippen LogP contribution >= 0.6 is 0 Å². The van der Waals surface area contributed by atoms with Crippen LogP contribution in [-0.4, -0.2) is 36.0 Å². The summed E-state index contributed by atoms with van der Waals surface area (Å²) in [4.78, 5) is 27.2. The van der Waals surface area contributed by atoms with Crippen LogP contribution in [0.25, 0.3) is 0 Å². The molecule has 0 saturated carbocycles. The molecule has 5 nitrogen and oxygen atoms in total. The van der Waals surface area contributed by atoms with E-state index in [-0.39, 0.29) is 35.8 Å². The summed E-state index contributed by atoms with van der Waals surface area (Å²) in [7, 11) is 0. The molecule has 2 N–H and O–H groups in total. The number of nitrogens with zero attached hydrogens (tertiary/aromatic N) is 1. The lowest BCUT2D eigenvalue weighted by molar-refractivity contribution is -0.127. The third-order valence-corrected chi connectivity index (χ3v) is 5.59. The second-order valence-electron chi connectivity index (χ2n) is 7.85. The highest BCUT2D eigenvalue weighted by Gasteiger charge is 2.35. The average Bonchev–Trinajstić information content (AvgIpc) is 2.69. The highest BCUT2D eigenvalue weighted by molar-refractivity contribution is 5.81. The van der Waals surface area contributed by atoms with Crippen molar-refractivity contribution in [1.82, 2.24) is 15.5 Å². The van der Waals surface area contributed by atoms with Gasteiger partial charge in [0.05, 0.1) is 12.0 Å². The monoisotopic (exact) mass is 391 g/mol. The Labute approximate surface area is 168 Å². The molecule has 0 bridgehead atoms. The van der Waals surface area contributed by atoms with Crippen LogP contribution in [0, 0.1) is 18.7 Å². The standard InChI is InChI=1S/C22H34FN3O2/c1-5-7-12-24-22(28)26-14-18(21(27)25-16(4)6-2)9-11-20(26)17-8-10-19(23)15(3)13-17/h8,10,13,16,18,20H,5-7,9,11-12,14H2,1-4H3,(H,24,28)(H,25,27)/t16-,18+,20-/m0/s1. The third-order valence-electron chi connectivity index (χ3n) is 5.59. The van der Waals surface area contributed by atoms with E-state index in [2.05, 4.69) is 17.6 Å². The van der Waals surface area contributed by atoms with Crippen LogP contribution in [0.3, 0.4) is 0 Å². The number of benzene rings is 1. The molecule has 28 heavy (non-hydrogen) atoms. The molecule has 3 amide bonds. The Balaban J connectivity index is 2.18. The highest BCUT2D eigenvalue weighted by Crippen LogP contribution is 2.34. The van der Waals surface area contributed by atoms with Crippen molar-refractivity contribution in [2.24, 2.45) is 5.92 Å². The summed E-state index contributed by atoms with van der Waals surface area (Å²) in [6, 6.07) is 4.84. The molecule has 0 spiro atoms. The van der Waals surface area contributed by atoms with Gasteiger partial charge >= 0.3 is 6.03 Å². The van der Waals surface area contributed by atoms with E-state index in [0.717, 1.165) is 24.8 Å². The number of carbonyl (C=O) groups is 2. The van der Waals surface area contributed by atoms with Gasteiger partial charge in [-0.2, -0.15) is 0 Å². The number of likely N-dealkylation sites (tertiary alicyclic amines) is 1. The molecule has 3 atom stereocenters. The fraction of sp³-hybridized carbons (Fsp3) is 0.636. The van der Waals surface area contributed by atoms with Crippen molar-refractivity contribution in [2.45, 2.75) is 71.9 Å². The number of amides is 3. The maximum Gasteiger partial charge on any atom is 0.317 e. The molecule has 0 unspecified atom stereocenters. The van der Waals surface area contributed by atoms with Gasteiger partial charge in [0.15, 0.2) is 0 Å². The second kappa shape index (κ2) is 10.4. The number of piperidine rings is 1. The van der Waals surface area contributed by atoms with Crippen molar-refractivity contribution >= 4 is 11.9 Å². The Kier molecular flexibility index (Phi) is 8.27. The molecule has 0 radical (unpaired) electrons. The molecule has 0 aromatic heterocycles. The van der Waals surface area contributed by atoms with Crippen LogP contribution in [0.15, 0.2) is 18.2 Å². The molecule has 2 rings (SSSR count). The number of nitrogens with one attached hydrogen (secondary N) is 2. The van der Waals surface area contributed by atoms with Gasteiger partial charge in [0.2, 0.25) is 5.91 Å². The molecule has 1 fully saturated rings. The molecule has 1 aliphatic heterocycles. The van der Waals surface area contributed by atoms with Crippen LogP contribution in [0.2, 0.25) is 0 Å². The SMILES string of the molecule is CCCCNC(=O)N1C[C@H](C(=O)N[C@@H](C)CC)CC[C@H]1c1ccc(F)c(C)c1. The van der Waals surface area contributed by atoms with Gasteiger partial charge in [0.1, 0.15) is 5.82 Å². The topological polar surface area (TPSA) is 61.4 Å². The smallest absolute Gasteiger partial charge is 0.317 e. The lowest BCUT2D eigenvalue weighted by atomic mass is 9.88. The minimum Gasteiger partial charge on any atom is -0.353 e. The second-order valence-corrected chi connectivity index (χ2v) is 7.85. The number of hydrogen-bond donors (Lipinski definition) is 2. The van der Waals surface area contributed by atoms with Crippen molar-refractivity contribution in [3.63, 3.8) is 0 Å². The Hall–Kier alpha value is -2.11. The van der Waals surface area contributed by atoms with Gasteiger partial charge in [-0.05, 0) is 56.7 Å². The fourth-order valence-corrected chi connectivity index (χ4v) is 3.57. The van der Waals surface area contributed by atoms with Crippen LogP contribution in [0.1, 0.15) is 70.0 Å². The van der Waals surface area contributed by atoms with Crippen LogP contribution < -0.4 is 10.6 Å². The van der Waals surface area contributed by atoms with E-state index in [0.29, 0.717) is 31.5 Å². The van der Waals surface area contributed by atoms with E-state index < -0.39 is 0 Å². The molecule has 1 heterocycles. The summed E-state index contributed by atoms with van der Waals surface area (Å²) >= 11 is 0. The van der Waals surface area contributed by atoms with Crippen molar-refractivity contribution in [2.75, 3.05) is 13.1 Å². The summed E-state index contributed by atoms with van der Waals surface area (Å²) < 4.78 is 13.7. The summed E-state index contributed by atoms with van der Waals surface area (Å²) in [6.07, 6.45) is 4.18. The number of urea groups is 1. The first-order valence-corrected chi connectivity index (χ1v) is 10.5. The van der Waals surface area contributed by atoms with Gasteiger partial charge < -0.3 is 15.5 Å². The lowest BCUT2D eigenvalue weighted by Crippen LogP contribution is -2.51. The van der Waals surface area contributed by atoms with E-state index in [4.69, 9.17) is 0 Å². The number of hydrogen-bond acceptors (Lipinski definition) is 2. The van der Waals surface area contributed by atoms with Gasteiger partial charge in [-0.25, -0.2) is 9.18 Å². The minimum absolute atomic E-state index is 0.00875. The van der Waals surface area contributed by atoms with E-state index in [1.54, 1.807) is 17.9 Å². The van der Waals surface area contributed by atoms with Gasteiger partial charge in [-0.1, -0.05) is 32.4 Å². The van der Waals surface area contributed by atoms with Crippen LogP contribution in [0.4, 0.5) is 9.18 Å². The average molecular weight is 392 g/mol. The maximum atomic E-state index is 13.7. The zero-order valence-electron chi connectivity index (χ0n) is 17.6. The number of unbranched alkanes of at least 4 members (excludes halogenated alkanes) is 1. The molecule has 156 valence electrons. The number of halogens is 1. The molecule has 1 aromatic carbocycles. The molecule has 0 aliphatic carbocycles. The Bertz CT molecular complexity index is 680. The zero-order chi connectivity index (χ0) is 20.7. The Morgan fingerprint density at radius 1 is 1.29 bits per heavy atom. The predicted molar refractivity (Wildman–Crippen MR) is 110 cm³/mol. The van der Waals surface area contributed by atoms with E-state index >= 15 is 0 Å². The van der Waals surface area contributed by atoms with E-state index in [1.165, 1.54) is 6.07 Å². The van der Waals surface area contributed by atoms with Crippen LogP contribution in [-0.2, 0) is 4.79 Å². The summed E-state index contributed by atoms with van der Waals surface area (Å²) in [6.45, 7) is 8.82. The molecule has 6 heteroatoms. The number of aryl methyl sites for hydroxylation is 1. The van der Waals surface area contributed by atoms with Crippen LogP contribution in [0.5, 0.6) is 0 Å². The first-order chi connectivity index (χ1) is 13.4. The van der Waals surface area contributed by atoms with Gasteiger partial charge in [0, 0.05) is 19.1 Å². The van der Waals surface area contributed by atoms with E-state index in [1.807, 2.05) is 19.9 Å². The van der Waals surface area contributed by atoms with Gasteiger partial charge in [-0.3, -0.25) is 4.79 Å². The van der Waals surface area contributed by atoms with Gasteiger partial charge in [-0.15, -0.1) is 0 Å². The van der Waals surface area contributed by atoms with E-state index in [9.17, 15) is 14.0 Å². The normalized spacial score (nSPS) is 20.5. The van der Waals surface area contributed by atoms with Crippen molar-refractivity contribution < 1.29 is 14.0 Å². The van der Waals surface area contributed by atoms with Crippen molar-refractivity contribution in [3.8, 4) is 0 Å². The summed E-state index contributed by atoms with van der Waals surface area (Å²) in [5.74, 6) is -0.456. The molecule has 1 aliphatic rings. The first-order valence-electron chi connectivity index (χ1n) is 10.5. The summed E-state index contributed by atoms with van der Waals surface area (Å²) in [5, 5.41) is 6.01. The zero-order valence-corrected chi connectivity index (χ0v) is 17.6. The van der Waals surface area contributed by atoms with Crippen molar-refractivity contribution in [1.29, 1.82) is 0 Å². The van der Waals surface area contributed by atoms with Gasteiger partial charge in [0.25, 0.3) is 0 Å². The predicted octanol–water partition coefficient (Wildman–Crippen LogP) is 4.31. The molecular formula is C22H34FN3O2. The summed E-state index contributed by atoms with van der Waals surface area (Å²) in [5.41, 5.74) is 1.49. The number of rotatable bonds is 7. The quantitative estimate of drug-likeness (QED) is 0.680. The largest absolute Gasteiger partial charge is 0.353 e. The number of carbonyl (C=O) groups excluding carboxylic acids is 2. The molecular weight excluding hydrogens is 357 g/mol. The third kappa shape index (κ3) is 5.69. The maximum absolute atomic E-state index is 13.7. The first kappa shape index (κ1) is 22.2. The molecule has 1 saturated heterocycles. The highest BCUT2D eigenvalue weighted by atomic mass is 19.1. The fourth-order valence-electron chi connectivity index (χ4n) is 3.57. The van der Waals surface area contributed by atoms with Crippen molar-refractivity contribution in [3.05, 3.63) is 35.1 Å². The minimum atomic E-state index is -0.246.